The number of nitrogens with zero attached hydrogens (tertiary/aromatic N) is 2. The number of halogens is 1. The Labute approximate surface area is 137 Å². The van der Waals surface area contributed by atoms with Crippen molar-refractivity contribution in [3.8, 4) is 17.2 Å². The summed E-state index contributed by atoms with van der Waals surface area (Å²) in [5.74, 6) is 2.09. The third kappa shape index (κ3) is 3.61. The Kier molecular flexibility index (Phi) is 4.65. The van der Waals surface area contributed by atoms with Gasteiger partial charge in [0.15, 0.2) is 0 Å². The van der Waals surface area contributed by atoms with Crippen molar-refractivity contribution in [2.45, 2.75) is 11.0 Å². The molecule has 1 aromatic heterocycles. The number of methoxy groups -OCH3 is 1. The first-order valence-electron chi connectivity index (χ1n) is 6.60. The van der Waals surface area contributed by atoms with Gasteiger partial charge in [0, 0.05) is 16.3 Å². The van der Waals surface area contributed by atoms with Gasteiger partial charge in [0.1, 0.15) is 5.75 Å². The van der Waals surface area contributed by atoms with Crippen LogP contribution in [0.3, 0.4) is 0 Å². The number of hydrogen-bond donors (Lipinski definition) is 0. The predicted molar refractivity (Wildman–Crippen MR) is 87.3 cm³/mol. The first-order chi connectivity index (χ1) is 10.7. The van der Waals surface area contributed by atoms with E-state index < -0.39 is 0 Å². The van der Waals surface area contributed by atoms with Crippen LogP contribution in [0.5, 0.6) is 5.75 Å². The fourth-order valence-corrected chi connectivity index (χ4v) is 2.69. The number of hydrogen-bond acceptors (Lipinski definition) is 5. The number of aromatic nitrogens is 2. The highest BCUT2D eigenvalue weighted by Crippen LogP contribution is 2.26. The Balaban J connectivity index is 1.65. The minimum Gasteiger partial charge on any atom is -0.497 e. The van der Waals surface area contributed by atoms with Crippen LogP contribution in [0.2, 0.25) is 5.02 Å². The van der Waals surface area contributed by atoms with Crippen LogP contribution in [0.15, 0.2) is 58.2 Å². The van der Waals surface area contributed by atoms with E-state index in [9.17, 15) is 0 Å². The molecular weight excluding hydrogens is 320 g/mol. The van der Waals surface area contributed by atoms with E-state index in [-0.39, 0.29) is 0 Å². The van der Waals surface area contributed by atoms with Gasteiger partial charge in [-0.2, -0.15) is 0 Å². The van der Waals surface area contributed by atoms with Crippen LogP contribution in [0.4, 0.5) is 0 Å². The van der Waals surface area contributed by atoms with Gasteiger partial charge in [-0.1, -0.05) is 35.5 Å². The van der Waals surface area contributed by atoms with Crippen molar-refractivity contribution in [2.24, 2.45) is 0 Å². The summed E-state index contributed by atoms with van der Waals surface area (Å²) in [6, 6.07) is 15.2. The third-order valence-corrected chi connectivity index (χ3v) is 4.16. The maximum Gasteiger partial charge on any atom is 0.277 e. The molecule has 3 aromatic rings. The number of ether oxygens (including phenoxy) is 1. The second-order valence-electron chi connectivity index (χ2n) is 4.52. The molecule has 0 saturated carbocycles. The molecule has 112 valence electrons. The van der Waals surface area contributed by atoms with Crippen molar-refractivity contribution >= 4 is 23.4 Å². The molecule has 22 heavy (non-hydrogen) atoms. The molecule has 0 atom stereocenters. The second-order valence-corrected chi connectivity index (χ2v) is 5.88. The molecule has 6 heteroatoms. The van der Waals surface area contributed by atoms with Gasteiger partial charge in [0.25, 0.3) is 5.22 Å². The summed E-state index contributed by atoms with van der Waals surface area (Å²) in [4.78, 5) is 0. The molecule has 0 aliphatic carbocycles. The Morgan fingerprint density at radius 3 is 2.45 bits per heavy atom. The maximum absolute atomic E-state index is 5.86. The van der Waals surface area contributed by atoms with Crippen LogP contribution < -0.4 is 4.74 Å². The Bertz CT molecular complexity index is 742. The first kappa shape index (κ1) is 14.9. The lowest BCUT2D eigenvalue weighted by Gasteiger charge is -2.01. The molecule has 0 amide bonds. The molecule has 1 heterocycles. The summed E-state index contributed by atoms with van der Waals surface area (Å²) in [6.07, 6.45) is 0. The number of rotatable bonds is 5. The largest absolute Gasteiger partial charge is 0.497 e. The van der Waals surface area contributed by atoms with Crippen molar-refractivity contribution in [3.63, 3.8) is 0 Å². The molecule has 2 aromatic carbocycles. The molecule has 0 radical (unpaired) electrons. The van der Waals surface area contributed by atoms with Crippen LogP contribution >= 0.6 is 23.4 Å². The monoisotopic (exact) mass is 332 g/mol. The Morgan fingerprint density at radius 1 is 1.05 bits per heavy atom. The molecule has 0 fully saturated rings. The SMILES string of the molecule is COc1ccc(CSc2nnc(-c3ccc(Cl)cc3)o2)cc1. The van der Waals surface area contributed by atoms with E-state index in [4.69, 9.17) is 20.8 Å². The number of thioether (sulfide) groups is 1. The topological polar surface area (TPSA) is 48.2 Å². The fourth-order valence-electron chi connectivity index (χ4n) is 1.84. The minimum atomic E-state index is 0.494. The lowest BCUT2D eigenvalue weighted by Crippen LogP contribution is -1.84. The van der Waals surface area contributed by atoms with Gasteiger partial charge in [-0.05, 0) is 42.0 Å². The van der Waals surface area contributed by atoms with Crippen LogP contribution in [0.25, 0.3) is 11.5 Å². The van der Waals surface area contributed by atoms with Crippen molar-refractivity contribution in [2.75, 3.05) is 7.11 Å². The van der Waals surface area contributed by atoms with E-state index >= 15 is 0 Å². The lowest BCUT2D eigenvalue weighted by molar-refractivity contribution is 0.414. The summed E-state index contributed by atoms with van der Waals surface area (Å²) in [5.41, 5.74) is 2.02. The highest BCUT2D eigenvalue weighted by Gasteiger charge is 2.09. The van der Waals surface area contributed by atoms with Crippen LogP contribution in [-0.2, 0) is 5.75 Å². The molecule has 0 aliphatic rings. The average Bonchev–Trinajstić information content (AvgIpc) is 3.03. The molecule has 0 unspecified atom stereocenters. The summed E-state index contributed by atoms with van der Waals surface area (Å²) < 4.78 is 10.8. The van der Waals surface area contributed by atoms with Gasteiger partial charge in [-0.25, -0.2) is 0 Å². The predicted octanol–water partition coefficient (Wildman–Crippen LogP) is 4.69. The van der Waals surface area contributed by atoms with Gasteiger partial charge in [0.2, 0.25) is 5.89 Å². The Hall–Kier alpha value is -1.98. The van der Waals surface area contributed by atoms with Gasteiger partial charge in [-0.15, -0.1) is 10.2 Å². The Morgan fingerprint density at radius 2 is 1.77 bits per heavy atom. The van der Waals surface area contributed by atoms with Crippen LogP contribution in [0.1, 0.15) is 5.56 Å². The van der Waals surface area contributed by atoms with Crippen LogP contribution in [-0.4, -0.2) is 17.3 Å². The molecule has 0 bridgehead atoms. The maximum atomic E-state index is 5.86. The standard InChI is InChI=1S/C16H13ClN2O2S/c1-20-14-8-2-11(3-9-14)10-22-16-19-18-15(21-16)12-4-6-13(17)7-5-12/h2-9H,10H2,1H3. The van der Waals surface area contributed by atoms with Crippen molar-refractivity contribution in [3.05, 3.63) is 59.1 Å². The minimum absolute atomic E-state index is 0.494. The average molecular weight is 333 g/mol. The van der Waals surface area contributed by atoms with E-state index in [2.05, 4.69) is 10.2 Å². The zero-order valence-electron chi connectivity index (χ0n) is 11.8. The van der Waals surface area contributed by atoms with Gasteiger partial charge < -0.3 is 9.15 Å². The van der Waals surface area contributed by atoms with E-state index in [1.807, 2.05) is 36.4 Å². The molecular formula is C16H13ClN2O2S. The summed E-state index contributed by atoms with van der Waals surface area (Å²) in [6.45, 7) is 0. The van der Waals surface area contributed by atoms with E-state index in [1.165, 1.54) is 11.8 Å². The number of benzene rings is 2. The van der Waals surface area contributed by atoms with E-state index in [0.29, 0.717) is 16.1 Å². The first-order valence-corrected chi connectivity index (χ1v) is 7.96. The van der Waals surface area contributed by atoms with Crippen LogP contribution in [0, 0.1) is 0 Å². The quantitative estimate of drug-likeness (QED) is 0.634. The van der Waals surface area contributed by atoms with E-state index in [0.717, 1.165) is 22.6 Å². The van der Waals surface area contributed by atoms with E-state index in [1.54, 1.807) is 19.2 Å². The second kappa shape index (κ2) is 6.85. The highest BCUT2D eigenvalue weighted by molar-refractivity contribution is 7.98. The zero-order chi connectivity index (χ0) is 15.4. The summed E-state index contributed by atoms with van der Waals surface area (Å²) in [5, 5.41) is 9.33. The molecule has 0 spiro atoms. The molecule has 3 rings (SSSR count). The fraction of sp³-hybridized carbons (Fsp3) is 0.125. The molecule has 4 nitrogen and oxygen atoms in total. The normalized spacial score (nSPS) is 10.6. The smallest absolute Gasteiger partial charge is 0.277 e. The molecule has 0 N–H and O–H groups in total. The lowest BCUT2D eigenvalue weighted by atomic mass is 10.2. The van der Waals surface area contributed by atoms with Gasteiger partial charge in [-0.3, -0.25) is 0 Å². The summed E-state index contributed by atoms with van der Waals surface area (Å²) in [7, 11) is 1.65. The zero-order valence-corrected chi connectivity index (χ0v) is 13.4. The van der Waals surface area contributed by atoms with Crippen molar-refractivity contribution < 1.29 is 9.15 Å². The third-order valence-electron chi connectivity index (χ3n) is 3.02. The van der Waals surface area contributed by atoms with Gasteiger partial charge in [0.05, 0.1) is 7.11 Å². The van der Waals surface area contributed by atoms with Gasteiger partial charge >= 0.3 is 0 Å². The molecule has 0 aliphatic heterocycles. The highest BCUT2D eigenvalue weighted by atomic mass is 35.5. The molecule has 0 saturated heterocycles. The summed E-state index contributed by atoms with van der Waals surface area (Å²) >= 11 is 7.36. The van der Waals surface area contributed by atoms with Crippen molar-refractivity contribution in [1.29, 1.82) is 0 Å². The van der Waals surface area contributed by atoms with Crippen molar-refractivity contribution in [1.82, 2.24) is 10.2 Å².